The van der Waals surface area contributed by atoms with E-state index in [0.717, 1.165) is 19.6 Å². The van der Waals surface area contributed by atoms with Crippen LogP contribution in [0, 0.1) is 0 Å². The fraction of sp³-hybridized carbons (Fsp3) is 0.438. The molecule has 0 unspecified atom stereocenters. The van der Waals surface area contributed by atoms with Crippen molar-refractivity contribution >= 4 is 34.1 Å². The minimum absolute atomic E-state index is 0.0172. The first-order chi connectivity index (χ1) is 12.2. The Morgan fingerprint density at radius 3 is 3.00 bits per heavy atom. The van der Waals surface area contributed by atoms with Crippen LogP contribution in [0.25, 0.3) is 0 Å². The molecule has 9 heteroatoms. The molecule has 3 rings (SSSR count). The Hall–Kier alpha value is -1.68. The molecule has 1 saturated heterocycles. The summed E-state index contributed by atoms with van der Waals surface area (Å²) in [6, 6.07) is 10.4. The van der Waals surface area contributed by atoms with Crippen LogP contribution < -0.4 is 11.1 Å². The molecule has 25 heavy (non-hydrogen) atoms. The van der Waals surface area contributed by atoms with Gasteiger partial charge in [0.1, 0.15) is 0 Å². The zero-order valence-electron chi connectivity index (χ0n) is 13.8. The van der Waals surface area contributed by atoms with Crippen molar-refractivity contribution < 1.29 is 9.53 Å². The zero-order valence-corrected chi connectivity index (χ0v) is 15.4. The first kappa shape index (κ1) is 18.1. The number of rotatable bonds is 7. The standard InChI is InChI=1S/C16H21N5O2S2/c17-15-19-20-16(25-15)24-11-14(22)18-8-13-10-21(6-7-23-13)9-12-4-2-1-3-5-12/h1-5,13H,6-11H2,(H2,17,19)(H,18,22)/t13-/m1/s1. The number of benzene rings is 1. The number of hydrogen-bond acceptors (Lipinski definition) is 8. The van der Waals surface area contributed by atoms with Crippen molar-refractivity contribution in [1.82, 2.24) is 20.4 Å². The third kappa shape index (κ3) is 5.96. The number of nitrogens with two attached hydrogens (primary N) is 1. The normalized spacial score (nSPS) is 18.2. The lowest BCUT2D eigenvalue weighted by Gasteiger charge is -2.33. The molecule has 0 saturated carbocycles. The molecule has 1 fully saturated rings. The second-order valence-electron chi connectivity index (χ2n) is 5.71. The van der Waals surface area contributed by atoms with Crippen molar-refractivity contribution in [3.05, 3.63) is 35.9 Å². The maximum atomic E-state index is 12.0. The Morgan fingerprint density at radius 2 is 2.24 bits per heavy atom. The Labute approximate surface area is 154 Å². The molecular weight excluding hydrogens is 358 g/mol. The van der Waals surface area contributed by atoms with Crippen molar-refractivity contribution in [3.8, 4) is 0 Å². The summed E-state index contributed by atoms with van der Waals surface area (Å²) in [6.45, 7) is 3.83. The van der Waals surface area contributed by atoms with Crippen LogP contribution in [0.15, 0.2) is 34.7 Å². The van der Waals surface area contributed by atoms with Crippen molar-refractivity contribution in [2.24, 2.45) is 0 Å². The highest BCUT2D eigenvalue weighted by Crippen LogP contribution is 2.23. The predicted molar refractivity (Wildman–Crippen MR) is 99.5 cm³/mol. The molecule has 2 heterocycles. The number of nitrogens with one attached hydrogen (secondary N) is 1. The van der Waals surface area contributed by atoms with Crippen LogP contribution in [0.5, 0.6) is 0 Å². The van der Waals surface area contributed by atoms with Gasteiger partial charge >= 0.3 is 0 Å². The summed E-state index contributed by atoms with van der Waals surface area (Å²) in [6.07, 6.45) is 0.0172. The number of nitrogens with zero attached hydrogens (tertiary/aromatic N) is 3. The van der Waals surface area contributed by atoms with Crippen LogP contribution in [-0.2, 0) is 16.1 Å². The van der Waals surface area contributed by atoms with E-state index in [0.29, 0.717) is 28.4 Å². The van der Waals surface area contributed by atoms with Gasteiger partial charge in [0.15, 0.2) is 4.34 Å². The largest absolute Gasteiger partial charge is 0.374 e. The Morgan fingerprint density at radius 1 is 1.40 bits per heavy atom. The highest BCUT2D eigenvalue weighted by Gasteiger charge is 2.21. The lowest BCUT2D eigenvalue weighted by molar-refractivity contribution is -0.119. The summed E-state index contributed by atoms with van der Waals surface area (Å²) in [4.78, 5) is 14.3. The van der Waals surface area contributed by atoms with E-state index in [1.807, 2.05) is 6.07 Å². The Kier molecular flexibility index (Phi) is 6.62. The van der Waals surface area contributed by atoms with Crippen LogP contribution in [0.3, 0.4) is 0 Å². The number of carbonyl (C=O) groups excluding carboxylic acids is 1. The SMILES string of the molecule is Nc1nnc(SCC(=O)NC[C@@H]2CN(Cc3ccccc3)CCO2)s1. The van der Waals surface area contributed by atoms with Gasteiger partial charge in [0.05, 0.1) is 18.5 Å². The lowest BCUT2D eigenvalue weighted by Crippen LogP contribution is -2.47. The summed E-state index contributed by atoms with van der Waals surface area (Å²) in [5.74, 6) is 0.261. The number of hydrogen-bond donors (Lipinski definition) is 2. The number of aromatic nitrogens is 2. The minimum atomic E-state index is -0.0393. The molecule has 1 aromatic carbocycles. The number of carbonyl (C=O) groups is 1. The average Bonchev–Trinajstić information content (AvgIpc) is 3.05. The summed E-state index contributed by atoms with van der Waals surface area (Å²) in [5, 5.41) is 10.9. The second kappa shape index (κ2) is 9.14. The average molecular weight is 380 g/mol. The van der Waals surface area contributed by atoms with Gasteiger partial charge in [0.25, 0.3) is 0 Å². The van der Waals surface area contributed by atoms with Crippen LogP contribution >= 0.6 is 23.1 Å². The Balaban J connectivity index is 1.38. The quantitative estimate of drug-likeness (QED) is 0.699. The van der Waals surface area contributed by atoms with Gasteiger partial charge in [-0.2, -0.15) is 0 Å². The van der Waals surface area contributed by atoms with Crippen molar-refractivity contribution in [3.63, 3.8) is 0 Å². The molecule has 0 aliphatic carbocycles. The topological polar surface area (TPSA) is 93.4 Å². The monoisotopic (exact) mass is 379 g/mol. The molecule has 3 N–H and O–H groups in total. The molecular formula is C16H21N5O2S2. The summed E-state index contributed by atoms with van der Waals surface area (Å²) < 4.78 is 6.47. The van der Waals surface area contributed by atoms with E-state index < -0.39 is 0 Å². The van der Waals surface area contributed by atoms with Crippen molar-refractivity contribution in [1.29, 1.82) is 0 Å². The van der Waals surface area contributed by atoms with E-state index in [1.165, 1.54) is 28.7 Å². The van der Waals surface area contributed by atoms with Gasteiger partial charge in [-0.25, -0.2) is 0 Å². The summed E-state index contributed by atoms with van der Waals surface area (Å²) in [5.41, 5.74) is 6.81. The molecule has 0 spiro atoms. The molecule has 7 nitrogen and oxygen atoms in total. The lowest BCUT2D eigenvalue weighted by atomic mass is 10.2. The molecule has 1 aliphatic rings. The molecule has 1 atom stereocenters. The van der Waals surface area contributed by atoms with E-state index in [2.05, 4.69) is 44.7 Å². The first-order valence-corrected chi connectivity index (χ1v) is 9.85. The van der Waals surface area contributed by atoms with Crippen molar-refractivity contribution in [2.45, 2.75) is 17.0 Å². The minimum Gasteiger partial charge on any atom is -0.374 e. The highest BCUT2D eigenvalue weighted by atomic mass is 32.2. The number of amides is 1. The van der Waals surface area contributed by atoms with E-state index in [4.69, 9.17) is 10.5 Å². The number of thioether (sulfide) groups is 1. The second-order valence-corrected chi connectivity index (χ2v) is 7.94. The maximum Gasteiger partial charge on any atom is 0.230 e. The van der Waals surface area contributed by atoms with Crippen LogP contribution in [0.2, 0.25) is 0 Å². The van der Waals surface area contributed by atoms with E-state index in [9.17, 15) is 4.79 Å². The van der Waals surface area contributed by atoms with E-state index in [1.54, 1.807) is 0 Å². The zero-order chi connectivity index (χ0) is 17.5. The number of anilines is 1. The van der Waals surface area contributed by atoms with Gasteiger partial charge < -0.3 is 15.8 Å². The van der Waals surface area contributed by atoms with Crippen molar-refractivity contribution in [2.75, 3.05) is 37.7 Å². The molecule has 1 amide bonds. The van der Waals surface area contributed by atoms with Crippen LogP contribution in [-0.4, -0.2) is 59.1 Å². The molecule has 2 aromatic rings. The molecule has 1 aliphatic heterocycles. The van der Waals surface area contributed by atoms with E-state index in [-0.39, 0.29) is 12.0 Å². The number of nitrogen functional groups attached to an aromatic ring is 1. The smallest absolute Gasteiger partial charge is 0.230 e. The number of ether oxygens (including phenoxy) is 1. The first-order valence-electron chi connectivity index (χ1n) is 8.05. The fourth-order valence-electron chi connectivity index (χ4n) is 2.57. The van der Waals surface area contributed by atoms with Crippen LogP contribution in [0.1, 0.15) is 5.56 Å². The van der Waals surface area contributed by atoms with E-state index >= 15 is 0 Å². The van der Waals surface area contributed by atoms with Gasteiger partial charge in [-0.1, -0.05) is 53.4 Å². The summed E-state index contributed by atoms with van der Waals surface area (Å²) >= 11 is 2.62. The third-order valence-corrected chi connectivity index (χ3v) is 5.63. The van der Waals surface area contributed by atoms with Gasteiger partial charge in [0.2, 0.25) is 11.0 Å². The van der Waals surface area contributed by atoms with Gasteiger partial charge in [-0.05, 0) is 5.56 Å². The molecule has 134 valence electrons. The molecule has 0 bridgehead atoms. The summed E-state index contributed by atoms with van der Waals surface area (Å²) in [7, 11) is 0. The fourth-order valence-corrected chi connectivity index (χ4v) is 4.04. The third-order valence-electron chi connectivity index (χ3n) is 3.75. The van der Waals surface area contributed by atoms with Gasteiger partial charge in [-0.15, -0.1) is 10.2 Å². The number of morpholine rings is 1. The van der Waals surface area contributed by atoms with Gasteiger partial charge in [0, 0.05) is 26.2 Å². The highest BCUT2D eigenvalue weighted by molar-refractivity contribution is 8.01. The predicted octanol–water partition coefficient (Wildman–Crippen LogP) is 1.23. The maximum absolute atomic E-state index is 12.0. The van der Waals surface area contributed by atoms with Crippen LogP contribution in [0.4, 0.5) is 5.13 Å². The molecule has 0 radical (unpaired) electrons. The molecule has 1 aromatic heterocycles. The van der Waals surface area contributed by atoms with Gasteiger partial charge in [-0.3, -0.25) is 9.69 Å². The Bertz CT molecular complexity index is 682.